The van der Waals surface area contributed by atoms with E-state index in [1.165, 1.54) is 5.56 Å². The molecular weight excluding hydrogens is 424 g/mol. The third-order valence-corrected chi connectivity index (χ3v) is 6.01. The van der Waals surface area contributed by atoms with E-state index in [-0.39, 0.29) is 11.8 Å². The summed E-state index contributed by atoms with van der Waals surface area (Å²) in [6.45, 7) is 4.69. The third kappa shape index (κ3) is 6.24. The monoisotopic (exact) mass is 450 g/mol. The van der Waals surface area contributed by atoms with Crippen LogP contribution in [0.25, 0.3) is 6.08 Å². The number of aromatic nitrogens is 4. The van der Waals surface area contributed by atoms with Gasteiger partial charge in [0.05, 0.1) is 6.54 Å². The SMILES string of the molecule is O=C(C[C@H](Cn1cnnn1)c1ccc(Cl)cc1)N1CCN(C/C=C/c2ccccc2)CC1. The number of rotatable bonds is 8. The van der Waals surface area contributed by atoms with Gasteiger partial charge in [-0.25, -0.2) is 4.68 Å². The molecule has 2 aromatic carbocycles. The zero-order valence-corrected chi connectivity index (χ0v) is 18.7. The first-order valence-electron chi connectivity index (χ1n) is 10.9. The van der Waals surface area contributed by atoms with Gasteiger partial charge in [-0.3, -0.25) is 9.69 Å². The van der Waals surface area contributed by atoms with Gasteiger partial charge in [-0.2, -0.15) is 0 Å². The Morgan fingerprint density at radius 1 is 1.03 bits per heavy atom. The standard InChI is InChI=1S/C24H27ClN6O/c25-23-10-8-21(9-11-23)22(18-31-19-26-27-28-31)17-24(32)30-15-13-29(14-16-30)12-4-7-20-5-2-1-3-6-20/h1-11,19,22H,12-18H2/b7-4+/t22-/m1/s1. The molecule has 0 aliphatic carbocycles. The molecule has 0 radical (unpaired) electrons. The van der Waals surface area contributed by atoms with Crippen molar-refractivity contribution >= 4 is 23.6 Å². The molecule has 32 heavy (non-hydrogen) atoms. The Bertz CT molecular complexity index is 999. The molecule has 0 unspecified atom stereocenters. The highest BCUT2D eigenvalue weighted by molar-refractivity contribution is 6.30. The van der Waals surface area contributed by atoms with Crippen LogP contribution in [0.2, 0.25) is 5.02 Å². The number of benzene rings is 2. The van der Waals surface area contributed by atoms with E-state index in [1.54, 1.807) is 11.0 Å². The minimum absolute atomic E-state index is 0.0184. The van der Waals surface area contributed by atoms with E-state index in [4.69, 9.17) is 11.6 Å². The maximum atomic E-state index is 13.1. The van der Waals surface area contributed by atoms with Crippen LogP contribution in [-0.2, 0) is 11.3 Å². The Kier molecular flexibility index (Phi) is 7.64. The largest absolute Gasteiger partial charge is 0.340 e. The Labute approximate surface area is 193 Å². The fraction of sp³-hybridized carbons (Fsp3) is 0.333. The zero-order chi connectivity index (χ0) is 22.2. The van der Waals surface area contributed by atoms with Crippen LogP contribution in [0.5, 0.6) is 0 Å². The van der Waals surface area contributed by atoms with Gasteiger partial charge >= 0.3 is 0 Å². The Balaban J connectivity index is 1.31. The lowest BCUT2D eigenvalue weighted by Gasteiger charge is -2.35. The molecule has 4 rings (SSSR count). The Morgan fingerprint density at radius 3 is 2.47 bits per heavy atom. The topological polar surface area (TPSA) is 67.2 Å². The summed E-state index contributed by atoms with van der Waals surface area (Å²) in [5.74, 6) is 0.146. The number of amides is 1. The first-order valence-corrected chi connectivity index (χ1v) is 11.2. The van der Waals surface area contributed by atoms with Crippen molar-refractivity contribution in [3.8, 4) is 0 Å². The van der Waals surface area contributed by atoms with E-state index in [9.17, 15) is 4.79 Å². The van der Waals surface area contributed by atoms with Crippen LogP contribution in [0, 0.1) is 0 Å². The van der Waals surface area contributed by atoms with E-state index < -0.39 is 0 Å². The second-order valence-corrected chi connectivity index (χ2v) is 8.42. The number of hydrogen-bond acceptors (Lipinski definition) is 5. The third-order valence-electron chi connectivity index (χ3n) is 5.76. The molecule has 1 aliphatic heterocycles. The first-order chi connectivity index (χ1) is 15.7. The number of nitrogens with zero attached hydrogens (tertiary/aromatic N) is 6. The van der Waals surface area contributed by atoms with E-state index in [1.807, 2.05) is 47.4 Å². The molecule has 1 fully saturated rings. The normalized spacial score (nSPS) is 15.8. The molecule has 1 amide bonds. The van der Waals surface area contributed by atoms with Gasteiger partial charge in [0.25, 0.3) is 0 Å². The average Bonchev–Trinajstić information content (AvgIpc) is 3.33. The molecule has 0 bridgehead atoms. The number of carbonyl (C=O) groups is 1. The molecule has 0 saturated carbocycles. The summed E-state index contributed by atoms with van der Waals surface area (Å²) in [5, 5.41) is 12.1. The predicted molar refractivity (Wildman–Crippen MR) is 125 cm³/mol. The van der Waals surface area contributed by atoms with Crippen molar-refractivity contribution in [1.29, 1.82) is 0 Å². The Hall–Kier alpha value is -3.03. The van der Waals surface area contributed by atoms with E-state index in [2.05, 4.69) is 44.7 Å². The zero-order valence-electron chi connectivity index (χ0n) is 17.9. The van der Waals surface area contributed by atoms with Gasteiger partial charge in [0.15, 0.2) is 0 Å². The second-order valence-electron chi connectivity index (χ2n) is 7.98. The molecule has 1 aliphatic rings. The van der Waals surface area contributed by atoms with Crippen molar-refractivity contribution in [1.82, 2.24) is 30.0 Å². The van der Waals surface area contributed by atoms with Gasteiger partial charge in [0.1, 0.15) is 6.33 Å². The van der Waals surface area contributed by atoms with Crippen LogP contribution in [0.3, 0.4) is 0 Å². The lowest BCUT2D eigenvalue weighted by molar-refractivity contribution is -0.133. The molecule has 1 atom stereocenters. The smallest absolute Gasteiger partial charge is 0.223 e. The van der Waals surface area contributed by atoms with Gasteiger partial charge in [-0.05, 0) is 33.7 Å². The molecule has 1 aromatic heterocycles. The summed E-state index contributed by atoms with van der Waals surface area (Å²) < 4.78 is 1.67. The minimum atomic E-state index is -0.0184. The van der Waals surface area contributed by atoms with Crippen molar-refractivity contribution in [2.24, 2.45) is 0 Å². The Morgan fingerprint density at radius 2 is 1.78 bits per heavy atom. The van der Waals surface area contributed by atoms with Crippen molar-refractivity contribution in [2.45, 2.75) is 18.9 Å². The van der Waals surface area contributed by atoms with Crippen LogP contribution in [0.15, 0.2) is 67.0 Å². The highest BCUT2D eigenvalue weighted by atomic mass is 35.5. The van der Waals surface area contributed by atoms with Crippen LogP contribution in [0.4, 0.5) is 0 Å². The van der Waals surface area contributed by atoms with E-state index in [0.29, 0.717) is 18.0 Å². The number of hydrogen-bond donors (Lipinski definition) is 0. The molecule has 0 N–H and O–H groups in total. The van der Waals surface area contributed by atoms with Crippen LogP contribution >= 0.6 is 11.6 Å². The maximum Gasteiger partial charge on any atom is 0.223 e. The van der Waals surface area contributed by atoms with E-state index >= 15 is 0 Å². The average molecular weight is 451 g/mol. The molecular formula is C24H27ClN6O. The van der Waals surface area contributed by atoms with Crippen LogP contribution in [-0.4, -0.2) is 68.6 Å². The number of halogens is 1. The van der Waals surface area contributed by atoms with Crippen molar-refractivity contribution in [2.75, 3.05) is 32.7 Å². The molecule has 3 aromatic rings. The first kappa shape index (κ1) is 22.2. The second kappa shape index (κ2) is 11.0. The van der Waals surface area contributed by atoms with Gasteiger partial charge in [0.2, 0.25) is 5.91 Å². The summed E-state index contributed by atoms with van der Waals surface area (Å²) >= 11 is 6.05. The van der Waals surface area contributed by atoms with Crippen LogP contribution in [0.1, 0.15) is 23.5 Å². The van der Waals surface area contributed by atoms with Gasteiger partial charge in [-0.1, -0.05) is 66.2 Å². The number of carbonyl (C=O) groups excluding carboxylic acids is 1. The number of piperazine rings is 1. The fourth-order valence-electron chi connectivity index (χ4n) is 3.93. The van der Waals surface area contributed by atoms with E-state index in [0.717, 1.165) is 38.3 Å². The molecule has 166 valence electrons. The highest BCUT2D eigenvalue weighted by Crippen LogP contribution is 2.24. The molecule has 2 heterocycles. The van der Waals surface area contributed by atoms with Gasteiger partial charge < -0.3 is 4.90 Å². The molecule has 1 saturated heterocycles. The summed E-state index contributed by atoms with van der Waals surface area (Å²) in [4.78, 5) is 17.4. The lowest BCUT2D eigenvalue weighted by atomic mass is 9.95. The number of tetrazole rings is 1. The van der Waals surface area contributed by atoms with Gasteiger partial charge in [-0.15, -0.1) is 5.10 Å². The minimum Gasteiger partial charge on any atom is -0.340 e. The van der Waals surface area contributed by atoms with Crippen molar-refractivity contribution in [3.05, 3.63) is 83.2 Å². The quantitative estimate of drug-likeness (QED) is 0.526. The van der Waals surface area contributed by atoms with Crippen LogP contribution < -0.4 is 0 Å². The fourth-order valence-corrected chi connectivity index (χ4v) is 4.06. The van der Waals surface area contributed by atoms with Crippen molar-refractivity contribution < 1.29 is 4.79 Å². The maximum absolute atomic E-state index is 13.1. The molecule has 0 spiro atoms. The lowest BCUT2D eigenvalue weighted by Crippen LogP contribution is -2.48. The molecule has 8 heteroatoms. The summed E-state index contributed by atoms with van der Waals surface area (Å²) in [6.07, 6.45) is 6.33. The highest BCUT2D eigenvalue weighted by Gasteiger charge is 2.24. The summed E-state index contributed by atoms with van der Waals surface area (Å²) in [6, 6.07) is 18.0. The van der Waals surface area contributed by atoms with Gasteiger partial charge in [0, 0.05) is 50.1 Å². The predicted octanol–water partition coefficient (Wildman–Crippen LogP) is 3.36. The summed E-state index contributed by atoms with van der Waals surface area (Å²) in [5.41, 5.74) is 2.26. The molecule has 7 nitrogen and oxygen atoms in total. The summed E-state index contributed by atoms with van der Waals surface area (Å²) in [7, 11) is 0. The van der Waals surface area contributed by atoms with Crippen molar-refractivity contribution in [3.63, 3.8) is 0 Å².